The van der Waals surface area contributed by atoms with Crippen molar-refractivity contribution in [1.29, 1.82) is 0 Å². The van der Waals surface area contributed by atoms with Crippen molar-refractivity contribution in [3.63, 3.8) is 0 Å². The largest absolute Gasteiger partial charge is 0.357 e. The van der Waals surface area contributed by atoms with E-state index in [1.807, 2.05) is 0 Å². The van der Waals surface area contributed by atoms with E-state index in [0.717, 1.165) is 6.54 Å². The van der Waals surface area contributed by atoms with Gasteiger partial charge in [0.2, 0.25) is 0 Å². The van der Waals surface area contributed by atoms with Crippen LogP contribution in [0.3, 0.4) is 0 Å². The molecule has 0 aliphatic heterocycles. The summed E-state index contributed by atoms with van der Waals surface area (Å²) in [6.45, 7) is 7.56. The molecule has 6 heavy (non-hydrogen) atoms. The van der Waals surface area contributed by atoms with Crippen LogP contribution in [0.25, 0.3) is 0 Å². The molecule has 0 rings (SSSR count). The summed E-state index contributed by atoms with van der Waals surface area (Å²) in [5, 5.41) is 0. The van der Waals surface area contributed by atoms with Crippen molar-refractivity contribution in [2.45, 2.75) is 20.8 Å². The van der Waals surface area contributed by atoms with Gasteiger partial charge in [-0.25, -0.2) is 0 Å². The number of hydrogen-bond acceptors (Lipinski definition) is 0. The van der Waals surface area contributed by atoms with Crippen molar-refractivity contribution in [2.24, 2.45) is 5.41 Å². The normalized spacial score (nSPS) is 12.0. The third-order valence-electron chi connectivity index (χ3n) is 0.750. The second kappa shape index (κ2) is 1.61. The van der Waals surface area contributed by atoms with Gasteiger partial charge in [-0.3, -0.25) is 0 Å². The molecule has 0 saturated carbocycles. The van der Waals surface area contributed by atoms with Crippen molar-refractivity contribution in [1.82, 2.24) is 0 Å². The lowest BCUT2D eigenvalue weighted by molar-refractivity contribution is -0.387. The van der Waals surface area contributed by atoms with Crippen LogP contribution >= 0.6 is 0 Å². The minimum Gasteiger partial charge on any atom is -0.357 e. The van der Waals surface area contributed by atoms with Crippen LogP contribution in [-0.4, -0.2) is 6.54 Å². The average molecular weight is 88.2 g/mol. The zero-order valence-electron chi connectivity index (χ0n) is 4.91. The predicted molar refractivity (Wildman–Crippen MR) is 27.2 cm³/mol. The number of hydrogen-bond donors (Lipinski definition) is 1. The smallest absolute Gasteiger partial charge is 0.0788 e. The molecule has 0 aromatic rings. The van der Waals surface area contributed by atoms with Crippen LogP contribution in [0, 0.1) is 5.41 Å². The van der Waals surface area contributed by atoms with E-state index in [1.54, 1.807) is 0 Å². The Hall–Kier alpha value is -0.0400. The molecule has 0 saturated heterocycles. The Morgan fingerprint density at radius 1 is 1.33 bits per heavy atom. The Morgan fingerprint density at radius 2 is 1.50 bits per heavy atom. The monoisotopic (exact) mass is 88.1 g/mol. The lowest BCUT2D eigenvalue weighted by Crippen LogP contribution is -2.55. The van der Waals surface area contributed by atoms with E-state index in [4.69, 9.17) is 0 Å². The van der Waals surface area contributed by atoms with Gasteiger partial charge in [0, 0.05) is 5.41 Å². The van der Waals surface area contributed by atoms with Gasteiger partial charge >= 0.3 is 0 Å². The third kappa shape index (κ3) is 3.96. The van der Waals surface area contributed by atoms with Gasteiger partial charge in [0.05, 0.1) is 6.54 Å². The molecule has 0 fully saturated rings. The molecule has 0 radical (unpaired) electrons. The van der Waals surface area contributed by atoms with Crippen LogP contribution in [0.1, 0.15) is 20.8 Å². The highest BCUT2D eigenvalue weighted by Crippen LogP contribution is 2.06. The first-order valence-electron chi connectivity index (χ1n) is 2.35. The summed E-state index contributed by atoms with van der Waals surface area (Å²) >= 11 is 0. The van der Waals surface area contributed by atoms with Crippen LogP contribution in [0.4, 0.5) is 0 Å². The van der Waals surface area contributed by atoms with Crippen LogP contribution in [-0.2, 0) is 0 Å². The van der Waals surface area contributed by atoms with Gasteiger partial charge in [0.25, 0.3) is 0 Å². The maximum absolute atomic E-state index is 3.76. The lowest BCUT2D eigenvalue weighted by atomic mass is 9.98. The molecule has 0 atom stereocenters. The maximum atomic E-state index is 3.76. The van der Waals surface area contributed by atoms with E-state index in [1.165, 1.54) is 0 Å². The second-order valence-corrected chi connectivity index (χ2v) is 2.81. The lowest BCUT2D eigenvalue weighted by Gasteiger charge is -2.09. The minimum atomic E-state index is 0.431. The minimum absolute atomic E-state index is 0.431. The molecule has 1 heteroatoms. The van der Waals surface area contributed by atoms with Gasteiger partial charge in [-0.15, -0.1) is 0 Å². The highest BCUT2D eigenvalue weighted by molar-refractivity contribution is 4.54. The molecule has 0 aliphatic rings. The van der Waals surface area contributed by atoms with Gasteiger partial charge < -0.3 is 5.73 Å². The van der Waals surface area contributed by atoms with Crippen molar-refractivity contribution in [2.75, 3.05) is 6.54 Å². The summed E-state index contributed by atoms with van der Waals surface area (Å²) in [5.74, 6) is 0. The fourth-order valence-electron chi connectivity index (χ4n) is 0. The second-order valence-electron chi connectivity index (χ2n) is 2.81. The Bertz CT molecular complexity index is 33.7. The Morgan fingerprint density at radius 3 is 1.50 bits per heavy atom. The van der Waals surface area contributed by atoms with Crippen molar-refractivity contribution < 1.29 is 5.73 Å². The van der Waals surface area contributed by atoms with Crippen LogP contribution in [0.2, 0.25) is 0 Å². The molecule has 0 spiro atoms. The van der Waals surface area contributed by atoms with Crippen molar-refractivity contribution in [3.05, 3.63) is 0 Å². The Kier molecular flexibility index (Phi) is 1.59. The highest BCUT2D eigenvalue weighted by atomic mass is 14.6. The van der Waals surface area contributed by atoms with Crippen LogP contribution in [0.5, 0.6) is 0 Å². The summed E-state index contributed by atoms with van der Waals surface area (Å²) in [5.41, 5.74) is 4.19. The molecule has 0 aromatic heterocycles. The van der Waals surface area contributed by atoms with Crippen LogP contribution in [0.15, 0.2) is 0 Å². The molecule has 0 unspecified atom stereocenters. The number of rotatable bonds is 0. The SMILES string of the molecule is CC(C)(C)C[NH3+]. The van der Waals surface area contributed by atoms with E-state index in [-0.39, 0.29) is 0 Å². The van der Waals surface area contributed by atoms with Gasteiger partial charge in [0.15, 0.2) is 0 Å². The molecule has 0 heterocycles. The van der Waals surface area contributed by atoms with Crippen molar-refractivity contribution >= 4 is 0 Å². The molecule has 0 amide bonds. The number of quaternary nitrogens is 1. The van der Waals surface area contributed by atoms with E-state index in [2.05, 4.69) is 26.5 Å². The molecule has 0 aromatic carbocycles. The van der Waals surface area contributed by atoms with E-state index < -0.39 is 0 Å². The Labute approximate surface area is 39.5 Å². The summed E-state index contributed by atoms with van der Waals surface area (Å²) in [4.78, 5) is 0. The first-order chi connectivity index (χ1) is 2.56. The molecule has 0 aliphatic carbocycles. The molecule has 0 bridgehead atoms. The van der Waals surface area contributed by atoms with E-state index in [9.17, 15) is 0 Å². The van der Waals surface area contributed by atoms with Crippen LogP contribution < -0.4 is 5.73 Å². The topological polar surface area (TPSA) is 27.6 Å². The summed E-state index contributed by atoms with van der Waals surface area (Å²) < 4.78 is 0. The van der Waals surface area contributed by atoms with Gasteiger partial charge in [0.1, 0.15) is 0 Å². The van der Waals surface area contributed by atoms with Gasteiger partial charge in [-0.1, -0.05) is 20.8 Å². The predicted octanol–water partition coefficient (Wildman–Crippen LogP) is 0.274. The standard InChI is InChI=1S/C5H13N/c1-5(2,3)4-6/h4,6H2,1-3H3/p+1. The zero-order valence-corrected chi connectivity index (χ0v) is 4.91. The molecule has 3 N–H and O–H groups in total. The first kappa shape index (κ1) is 5.96. The highest BCUT2D eigenvalue weighted by Gasteiger charge is 2.07. The third-order valence-corrected chi connectivity index (χ3v) is 0.750. The molecular weight excluding hydrogens is 74.1 g/mol. The van der Waals surface area contributed by atoms with E-state index >= 15 is 0 Å². The average Bonchev–Trinajstić information content (AvgIpc) is 1.35. The van der Waals surface area contributed by atoms with Gasteiger partial charge in [-0.2, -0.15) is 0 Å². The molecule has 1 nitrogen and oxygen atoms in total. The summed E-state index contributed by atoms with van der Waals surface area (Å²) in [7, 11) is 0. The fourth-order valence-corrected chi connectivity index (χ4v) is 0. The maximum Gasteiger partial charge on any atom is 0.0788 e. The van der Waals surface area contributed by atoms with E-state index in [0.29, 0.717) is 5.41 Å². The first-order valence-corrected chi connectivity index (χ1v) is 2.35. The summed E-state index contributed by atoms with van der Waals surface area (Å²) in [6.07, 6.45) is 0. The van der Waals surface area contributed by atoms with Crippen molar-refractivity contribution in [3.8, 4) is 0 Å². The van der Waals surface area contributed by atoms with Gasteiger partial charge in [-0.05, 0) is 0 Å². The zero-order chi connectivity index (χ0) is 5.21. The fraction of sp³-hybridized carbons (Fsp3) is 1.00. The quantitative estimate of drug-likeness (QED) is 0.440. The molecular formula is C5H14N+. The molecule has 38 valence electrons. The summed E-state index contributed by atoms with van der Waals surface area (Å²) in [6, 6.07) is 0. The Balaban J connectivity index is 3.17.